The third-order valence-electron chi connectivity index (χ3n) is 3.92. The maximum absolute atomic E-state index is 11.5. The van der Waals surface area contributed by atoms with Crippen molar-refractivity contribution < 1.29 is 9.59 Å². The molecule has 1 unspecified atom stereocenters. The number of unbranched alkanes of at least 4 members (excludes halogenated alkanes) is 1. The lowest BCUT2D eigenvalue weighted by Crippen LogP contribution is -2.34. The van der Waals surface area contributed by atoms with Crippen molar-refractivity contribution in [3.8, 4) is 0 Å². The van der Waals surface area contributed by atoms with E-state index in [1.807, 2.05) is 11.8 Å². The number of hydrogen-bond acceptors (Lipinski definition) is 3. The molecule has 0 saturated carbocycles. The van der Waals surface area contributed by atoms with Crippen molar-refractivity contribution in [3.63, 3.8) is 0 Å². The Morgan fingerprint density at radius 1 is 1.47 bits per heavy atom. The summed E-state index contributed by atoms with van der Waals surface area (Å²) >= 11 is 1.99. The monoisotopic (exact) mass is 284 g/mol. The number of amides is 2. The fourth-order valence-corrected chi connectivity index (χ4v) is 4.54. The summed E-state index contributed by atoms with van der Waals surface area (Å²) in [5, 5.41) is 6.57. The molecule has 0 spiro atoms. The molecule has 2 heterocycles. The summed E-state index contributed by atoms with van der Waals surface area (Å²) in [4.78, 5) is 22.8. The Bertz CT molecular complexity index is 335. The van der Waals surface area contributed by atoms with Crippen molar-refractivity contribution in [2.45, 2.75) is 56.7 Å². The molecule has 4 nitrogen and oxygen atoms in total. The van der Waals surface area contributed by atoms with Gasteiger partial charge in [0.1, 0.15) is 0 Å². The summed E-state index contributed by atoms with van der Waals surface area (Å²) in [6.07, 6.45) is 5.50. The Kier molecular flexibility index (Phi) is 5.55. The van der Waals surface area contributed by atoms with Crippen molar-refractivity contribution in [2.24, 2.45) is 5.92 Å². The first-order valence-electron chi connectivity index (χ1n) is 7.38. The van der Waals surface area contributed by atoms with Gasteiger partial charge in [0, 0.05) is 30.7 Å². The molecule has 2 aliphatic rings. The average molecular weight is 284 g/mol. The summed E-state index contributed by atoms with van der Waals surface area (Å²) in [7, 11) is 0. The van der Waals surface area contributed by atoms with Crippen LogP contribution in [0.1, 0.15) is 45.4 Å². The number of carbonyl (C=O) groups is 2. The summed E-state index contributed by atoms with van der Waals surface area (Å²) in [6, 6.07) is 0.395. The van der Waals surface area contributed by atoms with E-state index in [-0.39, 0.29) is 11.8 Å². The van der Waals surface area contributed by atoms with E-state index < -0.39 is 0 Å². The minimum absolute atomic E-state index is 0.174. The lowest BCUT2D eigenvalue weighted by molar-refractivity contribution is -0.121. The van der Waals surface area contributed by atoms with Crippen LogP contribution in [0.3, 0.4) is 0 Å². The molecule has 2 fully saturated rings. The maximum Gasteiger partial charge on any atom is 0.220 e. The SMILES string of the molecule is CCCNC(=O)CCCCC1SC[C@@H]2CC(=O)N[C@H]12. The standard InChI is InChI=1S/C14H24N2O2S/c1-2-7-15-12(17)6-4-3-5-11-14-10(9-19-11)8-13(18)16-14/h10-11,14H,2-9H2,1H3,(H,15,17)(H,16,18)/t10-,11?,14-/m0/s1. The predicted octanol–water partition coefficient (Wildman–Crippen LogP) is 1.69. The molecule has 0 radical (unpaired) electrons. The molecule has 5 heteroatoms. The Balaban J connectivity index is 1.59. The number of rotatable bonds is 7. The molecule has 108 valence electrons. The van der Waals surface area contributed by atoms with Crippen molar-refractivity contribution in [1.82, 2.24) is 10.6 Å². The van der Waals surface area contributed by atoms with Gasteiger partial charge in [-0.1, -0.05) is 13.3 Å². The largest absolute Gasteiger partial charge is 0.356 e. The molecule has 19 heavy (non-hydrogen) atoms. The van der Waals surface area contributed by atoms with Gasteiger partial charge in [-0.15, -0.1) is 0 Å². The Morgan fingerprint density at radius 2 is 2.32 bits per heavy atom. The van der Waals surface area contributed by atoms with Gasteiger partial charge in [-0.2, -0.15) is 11.8 Å². The van der Waals surface area contributed by atoms with E-state index in [4.69, 9.17) is 0 Å². The maximum atomic E-state index is 11.5. The van der Waals surface area contributed by atoms with E-state index in [0.29, 0.717) is 30.1 Å². The van der Waals surface area contributed by atoms with Crippen LogP contribution >= 0.6 is 11.8 Å². The van der Waals surface area contributed by atoms with Gasteiger partial charge in [-0.3, -0.25) is 9.59 Å². The predicted molar refractivity (Wildman–Crippen MR) is 78.1 cm³/mol. The van der Waals surface area contributed by atoms with Crippen LogP contribution in [0.4, 0.5) is 0 Å². The van der Waals surface area contributed by atoms with Crippen LogP contribution in [0.2, 0.25) is 0 Å². The molecule has 0 aromatic carbocycles. The molecular weight excluding hydrogens is 260 g/mol. The van der Waals surface area contributed by atoms with Crippen molar-refractivity contribution in [2.75, 3.05) is 12.3 Å². The number of thioether (sulfide) groups is 1. The van der Waals surface area contributed by atoms with Gasteiger partial charge in [-0.25, -0.2) is 0 Å². The molecule has 2 saturated heterocycles. The van der Waals surface area contributed by atoms with Crippen molar-refractivity contribution >= 4 is 23.6 Å². The van der Waals surface area contributed by atoms with Gasteiger partial charge in [0.25, 0.3) is 0 Å². The lowest BCUT2D eigenvalue weighted by Gasteiger charge is -2.17. The number of hydrogen-bond donors (Lipinski definition) is 2. The van der Waals surface area contributed by atoms with Gasteiger partial charge < -0.3 is 10.6 Å². The normalized spacial score (nSPS) is 29.1. The first-order valence-corrected chi connectivity index (χ1v) is 8.43. The minimum Gasteiger partial charge on any atom is -0.356 e. The number of carbonyl (C=O) groups excluding carboxylic acids is 2. The third kappa shape index (κ3) is 4.13. The molecule has 0 aromatic heterocycles. The van der Waals surface area contributed by atoms with Crippen LogP contribution in [-0.4, -0.2) is 35.4 Å². The van der Waals surface area contributed by atoms with Crippen molar-refractivity contribution in [1.29, 1.82) is 0 Å². The number of nitrogens with one attached hydrogen (secondary N) is 2. The third-order valence-corrected chi connectivity index (χ3v) is 5.50. The highest BCUT2D eigenvalue weighted by molar-refractivity contribution is 8.00. The highest BCUT2D eigenvalue weighted by Gasteiger charge is 2.42. The summed E-state index contributed by atoms with van der Waals surface area (Å²) < 4.78 is 0. The molecule has 2 N–H and O–H groups in total. The van der Waals surface area contributed by atoms with E-state index in [0.717, 1.165) is 38.0 Å². The van der Waals surface area contributed by atoms with E-state index in [9.17, 15) is 9.59 Å². The quantitative estimate of drug-likeness (QED) is 0.700. The molecule has 0 bridgehead atoms. The first-order chi connectivity index (χ1) is 9.20. The molecular formula is C14H24N2O2S. The molecule has 2 amide bonds. The zero-order valence-electron chi connectivity index (χ0n) is 11.6. The first kappa shape index (κ1) is 14.7. The van der Waals surface area contributed by atoms with Crippen LogP contribution in [-0.2, 0) is 9.59 Å². The second-order valence-corrected chi connectivity index (χ2v) is 6.80. The lowest BCUT2D eigenvalue weighted by atomic mass is 9.97. The molecule has 0 aromatic rings. The van der Waals surface area contributed by atoms with Crippen LogP contribution in [0.25, 0.3) is 0 Å². The molecule has 2 rings (SSSR count). The van der Waals surface area contributed by atoms with Crippen LogP contribution in [0.15, 0.2) is 0 Å². The van der Waals surface area contributed by atoms with E-state index in [2.05, 4.69) is 17.6 Å². The van der Waals surface area contributed by atoms with Gasteiger partial charge >= 0.3 is 0 Å². The smallest absolute Gasteiger partial charge is 0.220 e. The van der Waals surface area contributed by atoms with Crippen molar-refractivity contribution in [3.05, 3.63) is 0 Å². The summed E-state index contributed by atoms with van der Waals surface area (Å²) in [5.41, 5.74) is 0. The highest BCUT2D eigenvalue weighted by Crippen LogP contribution is 2.39. The minimum atomic E-state index is 0.174. The van der Waals surface area contributed by atoms with Crippen LogP contribution in [0.5, 0.6) is 0 Å². The van der Waals surface area contributed by atoms with E-state index in [1.165, 1.54) is 0 Å². The second-order valence-electron chi connectivity index (χ2n) is 5.53. The van der Waals surface area contributed by atoms with Gasteiger partial charge in [0.05, 0.1) is 0 Å². The Morgan fingerprint density at radius 3 is 3.11 bits per heavy atom. The van der Waals surface area contributed by atoms with Crippen LogP contribution in [0, 0.1) is 5.92 Å². The fourth-order valence-electron chi connectivity index (χ4n) is 2.88. The van der Waals surface area contributed by atoms with Gasteiger partial charge in [0.2, 0.25) is 11.8 Å². The van der Waals surface area contributed by atoms with E-state index >= 15 is 0 Å². The summed E-state index contributed by atoms with van der Waals surface area (Å²) in [5.74, 6) is 2.06. The van der Waals surface area contributed by atoms with Gasteiger partial charge in [0.15, 0.2) is 0 Å². The van der Waals surface area contributed by atoms with E-state index in [1.54, 1.807) is 0 Å². The molecule has 0 aliphatic carbocycles. The topological polar surface area (TPSA) is 58.2 Å². The Hall–Kier alpha value is -0.710. The number of fused-ring (bicyclic) bond motifs is 1. The Labute approximate surface area is 119 Å². The second kappa shape index (κ2) is 7.17. The highest BCUT2D eigenvalue weighted by atomic mass is 32.2. The average Bonchev–Trinajstić information content (AvgIpc) is 2.92. The molecule has 2 aliphatic heterocycles. The zero-order chi connectivity index (χ0) is 13.7. The van der Waals surface area contributed by atoms with Gasteiger partial charge in [-0.05, 0) is 30.9 Å². The zero-order valence-corrected chi connectivity index (χ0v) is 12.4. The summed E-state index contributed by atoms with van der Waals surface area (Å²) in [6.45, 7) is 2.84. The fraction of sp³-hybridized carbons (Fsp3) is 0.857. The molecule has 3 atom stereocenters. The van der Waals surface area contributed by atoms with Crippen LogP contribution < -0.4 is 10.6 Å².